The summed E-state index contributed by atoms with van der Waals surface area (Å²) >= 11 is 0. The molecule has 1 aliphatic heterocycles. The molecule has 0 amide bonds. The molecule has 2 heteroatoms. The van der Waals surface area contributed by atoms with Gasteiger partial charge in [-0.2, -0.15) is 0 Å². The number of hydrogen-bond acceptors (Lipinski definition) is 2. The number of fused-ring (bicyclic) bond motifs is 1. The van der Waals surface area contributed by atoms with E-state index in [1.807, 2.05) is 0 Å². The Bertz CT molecular complexity index is 383. The highest BCUT2D eigenvalue weighted by Gasteiger charge is 2.16. The van der Waals surface area contributed by atoms with Crippen molar-refractivity contribution in [2.75, 3.05) is 13.1 Å². The highest BCUT2D eigenvalue weighted by atomic mass is 14.9. The number of rotatable bonds is 4. The largest absolute Gasteiger partial charge is 0.312 e. The Hall–Kier alpha value is -0.860. The zero-order valence-corrected chi connectivity index (χ0v) is 10.5. The lowest BCUT2D eigenvalue weighted by Gasteiger charge is -2.25. The van der Waals surface area contributed by atoms with Gasteiger partial charge >= 0.3 is 0 Å². The Morgan fingerprint density at radius 1 is 1.24 bits per heavy atom. The lowest BCUT2D eigenvalue weighted by molar-refractivity contribution is 0.301. The van der Waals surface area contributed by atoms with E-state index in [9.17, 15) is 0 Å². The minimum atomic E-state index is 0.955. The van der Waals surface area contributed by atoms with E-state index < -0.39 is 0 Å². The summed E-state index contributed by atoms with van der Waals surface area (Å²) in [5, 5.41) is 7.01. The van der Waals surface area contributed by atoms with Crippen molar-refractivity contribution >= 4 is 0 Å². The van der Waals surface area contributed by atoms with Crippen molar-refractivity contribution in [2.45, 2.75) is 38.8 Å². The van der Waals surface area contributed by atoms with E-state index in [0.29, 0.717) is 0 Å². The normalized spacial score (nSPS) is 19.8. The van der Waals surface area contributed by atoms with Gasteiger partial charge in [0.15, 0.2) is 0 Å². The Morgan fingerprint density at radius 3 is 3.00 bits per heavy atom. The predicted molar refractivity (Wildman–Crippen MR) is 70.9 cm³/mol. The van der Waals surface area contributed by atoms with Crippen LogP contribution < -0.4 is 10.6 Å². The maximum atomic E-state index is 3.59. The van der Waals surface area contributed by atoms with Gasteiger partial charge in [0, 0.05) is 13.1 Å². The first-order chi connectivity index (χ1) is 8.42. The van der Waals surface area contributed by atoms with Crippen molar-refractivity contribution in [2.24, 2.45) is 5.92 Å². The fraction of sp³-hybridized carbons (Fsp3) is 0.600. The number of nitrogens with one attached hydrogen (secondary N) is 2. The van der Waals surface area contributed by atoms with Crippen molar-refractivity contribution in [1.29, 1.82) is 0 Å². The van der Waals surface area contributed by atoms with Gasteiger partial charge in [-0.1, -0.05) is 24.6 Å². The molecule has 2 aliphatic rings. The van der Waals surface area contributed by atoms with E-state index in [4.69, 9.17) is 0 Å². The van der Waals surface area contributed by atoms with Crippen molar-refractivity contribution in [1.82, 2.24) is 10.6 Å². The second-order valence-corrected chi connectivity index (χ2v) is 5.46. The van der Waals surface area contributed by atoms with Crippen LogP contribution in [-0.4, -0.2) is 13.1 Å². The van der Waals surface area contributed by atoms with Crippen molar-refractivity contribution < 1.29 is 0 Å². The minimum Gasteiger partial charge on any atom is -0.312 e. The van der Waals surface area contributed by atoms with Gasteiger partial charge in [0.05, 0.1) is 0 Å². The molecule has 92 valence electrons. The molecule has 0 radical (unpaired) electrons. The average Bonchev–Trinajstić information content (AvgIpc) is 2.32. The van der Waals surface area contributed by atoms with Gasteiger partial charge in [-0.3, -0.25) is 0 Å². The maximum absolute atomic E-state index is 3.59. The molecule has 1 aromatic carbocycles. The van der Waals surface area contributed by atoms with Crippen LogP contribution >= 0.6 is 0 Å². The predicted octanol–water partition coefficient (Wildman–Crippen LogP) is 2.22. The standard InChI is InChI=1S/C15H22N2/c1-2-12(3-1)9-17-10-13-4-5-15-11-16-7-6-14(15)8-13/h4-5,8,12,16-17H,1-3,6-7,9-11H2. The Morgan fingerprint density at radius 2 is 2.18 bits per heavy atom. The molecule has 0 bridgehead atoms. The van der Waals surface area contributed by atoms with Gasteiger partial charge in [0.2, 0.25) is 0 Å². The number of hydrogen-bond donors (Lipinski definition) is 2. The second kappa shape index (κ2) is 5.19. The zero-order valence-electron chi connectivity index (χ0n) is 10.5. The lowest BCUT2D eigenvalue weighted by atomic mass is 9.85. The third-order valence-electron chi connectivity index (χ3n) is 4.14. The second-order valence-electron chi connectivity index (χ2n) is 5.46. The van der Waals surface area contributed by atoms with E-state index in [2.05, 4.69) is 28.8 Å². The quantitative estimate of drug-likeness (QED) is 0.829. The highest BCUT2D eigenvalue weighted by molar-refractivity contribution is 5.33. The first kappa shape index (κ1) is 11.2. The third kappa shape index (κ3) is 2.70. The molecule has 2 N–H and O–H groups in total. The molecule has 1 aliphatic carbocycles. The van der Waals surface area contributed by atoms with Gasteiger partial charge in [-0.25, -0.2) is 0 Å². The van der Waals surface area contributed by atoms with Crippen LogP contribution in [0, 0.1) is 5.92 Å². The Balaban J connectivity index is 1.55. The van der Waals surface area contributed by atoms with Crippen LogP contribution in [0.15, 0.2) is 18.2 Å². The van der Waals surface area contributed by atoms with Gasteiger partial charge in [-0.05, 0) is 55.0 Å². The van der Waals surface area contributed by atoms with E-state index >= 15 is 0 Å². The molecule has 0 atom stereocenters. The summed E-state index contributed by atoms with van der Waals surface area (Å²) in [7, 11) is 0. The van der Waals surface area contributed by atoms with Crippen LogP contribution in [0.5, 0.6) is 0 Å². The molecule has 0 aromatic heterocycles. The summed E-state index contributed by atoms with van der Waals surface area (Å²) < 4.78 is 0. The van der Waals surface area contributed by atoms with Crippen LogP contribution in [0.25, 0.3) is 0 Å². The monoisotopic (exact) mass is 230 g/mol. The summed E-state index contributed by atoms with van der Waals surface area (Å²) in [4.78, 5) is 0. The van der Waals surface area contributed by atoms with Gasteiger partial charge < -0.3 is 10.6 Å². The molecular formula is C15H22N2. The zero-order chi connectivity index (χ0) is 11.5. The smallest absolute Gasteiger partial charge is 0.0208 e. The van der Waals surface area contributed by atoms with E-state index in [0.717, 1.165) is 25.6 Å². The minimum absolute atomic E-state index is 0.955. The fourth-order valence-electron chi connectivity index (χ4n) is 2.76. The van der Waals surface area contributed by atoms with Crippen LogP contribution in [0.4, 0.5) is 0 Å². The molecule has 0 unspecified atom stereocenters. The third-order valence-corrected chi connectivity index (χ3v) is 4.14. The maximum Gasteiger partial charge on any atom is 0.0208 e. The van der Waals surface area contributed by atoms with Crippen LogP contribution in [0.3, 0.4) is 0 Å². The van der Waals surface area contributed by atoms with E-state index in [-0.39, 0.29) is 0 Å². The molecule has 1 heterocycles. The van der Waals surface area contributed by atoms with Crippen molar-refractivity contribution in [3.63, 3.8) is 0 Å². The topological polar surface area (TPSA) is 24.1 Å². The summed E-state index contributed by atoms with van der Waals surface area (Å²) in [6, 6.07) is 6.96. The van der Waals surface area contributed by atoms with Crippen LogP contribution in [0.1, 0.15) is 36.0 Å². The summed E-state index contributed by atoms with van der Waals surface area (Å²) in [6.45, 7) is 4.42. The molecule has 1 fully saturated rings. The highest BCUT2D eigenvalue weighted by Crippen LogP contribution is 2.25. The van der Waals surface area contributed by atoms with Gasteiger partial charge in [0.25, 0.3) is 0 Å². The summed E-state index contributed by atoms with van der Waals surface area (Å²) in [6.07, 6.45) is 5.50. The SMILES string of the molecule is c1cc2c(cc1CNCC1CCC1)CCNC2. The Kier molecular flexibility index (Phi) is 3.44. The van der Waals surface area contributed by atoms with Crippen molar-refractivity contribution in [3.05, 3.63) is 34.9 Å². The van der Waals surface area contributed by atoms with Crippen LogP contribution in [0.2, 0.25) is 0 Å². The fourth-order valence-corrected chi connectivity index (χ4v) is 2.76. The first-order valence-electron chi connectivity index (χ1n) is 6.94. The van der Waals surface area contributed by atoms with E-state index in [1.165, 1.54) is 43.4 Å². The molecule has 0 saturated heterocycles. The molecule has 2 nitrogen and oxygen atoms in total. The molecule has 0 spiro atoms. The van der Waals surface area contributed by atoms with Gasteiger partial charge in [-0.15, -0.1) is 0 Å². The van der Waals surface area contributed by atoms with Crippen LogP contribution in [-0.2, 0) is 19.5 Å². The van der Waals surface area contributed by atoms with Crippen molar-refractivity contribution in [3.8, 4) is 0 Å². The molecule has 17 heavy (non-hydrogen) atoms. The lowest BCUT2D eigenvalue weighted by Crippen LogP contribution is -2.27. The van der Waals surface area contributed by atoms with Gasteiger partial charge in [0.1, 0.15) is 0 Å². The summed E-state index contributed by atoms with van der Waals surface area (Å²) in [5.41, 5.74) is 4.48. The molecule has 1 aromatic rings. The first-order valence-corrected chi connectivity index (χ1v) is 6.94. The Labute approximate surface area is 104 Å². The molecule has 1 saturated carbocycles. The molecular weight excluding hydrogens is 208 g/mol. The molecule has 3 rings (SSSR count). The van der Waals surface area contributed by atoms with E-state index in [1.54, 1.807) is 5.56 Å². The number of benzene rings is 1. The summed E-state index contributed by atoms with van der Waals surface area (Å²) in [5.74, 6) is 0.955. The average molecular weight is 230 g/mol.